The van der Waals surface area contributed by atoms with Gasteiger partial charge in [-0.15, -0.1) is 0 Å². The topological polar surface area (TPSA) is 64.3 Å². The van der Waals surface area contributed by atoms with E-state index in [4.69, 9.17) is 21.4 Å². The summed E-state index contributed by atoms with van der Waals surface area (Å²) in [6.07, 6.45) is 2.66. The van der Waals surface area contributed by atoms with E-state index in [0.717, 1.165) is 35.5 Å². The average molecular weight is 379 g/mol. The minimum absolute atomic E-state index is 0.0812. The van der Waals surface area contributed by atoms with Crippen molar-refractivity contribution >= 4 is 17.6 Å². The maximum absolute atomic E-state index is 10.7. The third kappa shape index (κ3) is 6.37. The predicted molar refractivity (Wildman–Crippen MR) is 103 cm³/mol. The fourth-order valence-corrected chi connectivity index (χ4v) is 2.94. The molecule has 0 saturated carbocycles. The second kappa shape index (κ2) is 9.62. The molecule has 0 saturated heterocycles. The molecule has 1 aromatic heterocycles. The molecule has 0 fully saturated rings. The highest BCUT2D eigenvalue weighted by Crippen LogP contribution is 2.25. The Morgan fingerprint density at radius 2 is 2.12 bits per heavy atom. The Kier molecular flexibility index (Phi) is 7.51. The van der Waals surface area contributed by atoms with Gasteiger partial charge in [0, 0.05) is 22.7 Å². The van der Waals surface area contributed by atoms with Crippen LogP contribution in [0.4, 0.5) is 0 Å². The highest BCUT2D eigenvalue weighted by Gasteiger charge is 2.11. The van der Waals surface area contributed by atoms with Gasteiger partial charge in [-0.25, -0.2) is 0 Å². The van der Waals surface area contributed by atoms with Gasteiger partial charge in [0.05, 0.1) is 25.3 Å². The van der Waals surface area contributed by atoms with Crippen LogP contribution in [0.2, 0.25) is 5.02 Å². The summed E-state index contributed by atoms with van der Waals surface area (Å²) in [5, 5.41) is 14.0. The molecule has 0 spiro atoms. The van der Waals surface area contributed by atoms with Crippen LogP contribution in [0, 0.1) is 12.8 Å². The van der Waals surface area contributed by atoms with Crippen LogP contribution >= 0.6 is 11.6 Å². The average Bonchev–Trinajstić information content (AvgIpc) is 2.91. The lowest BCUT2D eigenvalue weighted by atomic mass is 10.1. The van der Waals surface area contributed by atoms with Crippen LogP contribution in [0.1, 0.15) is 50.1 Å². The lowest BCUT2D eigenvalue weighted by Gasteiger charge is -2.13. The van der Waals surface area contributed by atoms with Crippen molar-refractivity contribution in [2.45, 2.75) is 53.0 Å². The number of nitrogens with zero attached hydrogens (tertiary/aromatic N) is 2. The smallest absolute Gasteiger partial charge is 0.303 e. The Balaban J connectivity index is 2.08. The molecule has 0 unspecified atom stereocenters. The molecule has 5 nitrogen and oxygen atoms in total. The van der Waals surface area contributed by atoms with Gasteiger partial charge in [-0.1, -0.05) is 25.4 Å². The van der Waals surface area contributed by atoms with Gasteiger partial charge in [0.2, 0.25) is 0 Å². The molecule has 0 atom stereocenters. The van der Waals surface area contributed by atoms with Crippen LogP contribution < -0.4 is 4.74 Å². The van der Waals surface area contributed by atoms with Crippen LogP contribution in [-0.2, 0) is 17.8 Å². The Bertz CT molecular complexity index is 741. The number of hydrogen-bond donors (Lipinski definition) is 1. The van der Waals surface area contributed by atoms with Crippen molar-refractivity contribution in [2.24, 2.45) is 5.92 Å². The first-order chi connectivity index (χ1) is 12.3. The van der Waals surface area contributed by atoms with Gasteiger partial charge in [0.25, 0.3) is 0 Å². The molecule has 0 aliphatic carbocycles. The zero-order chi connectivity index (χ0) is 19.1. The molecule has 1 aromatic carbocycles. The Hall–Kier alpha value is -2.01. The quantitative estimate of drug-likeness (QED) is 0.607. The summed E-state index contributed by atoms with van der Waals surface area (Å²) in [5.74, 6) is 0.670. The van der Waals surface area contributed by atoms with Crippen molar-refractivity contribution in [1.82, 2.24) is 9.78 Å². The third-order valence-corrected chi connectivity index (χ3v) is 4.39. The number of carbonyl (C=O) groups is 1. The molecule has 2 rings (SSSR count). The molecular formula is C20H27ClN2O3. The van der Waals surface area contributed by atoms with E-state index in [0.29, 0.717) is 30.5 Å². The highest BCUT2D eigenvalue weighted by molar-refractivity contribution is 6.30. The molecule has 0 aliphatic rings. The minimum Gasteiger partial charge on any atom is -0.493 e. The first kappa shape index (κ1) is 20.3. The second-order valence-corrected chi connectivity index (χ2v) is 7.40. The zero-order valence-electron chi connectivity index (χ0n) is 15.7. The first-order valence-electron chi connectivity index (χ1n) is 9.01. The van der Waals surface area contributed by atoms with Crippen molar-refractivity contribution in [3.63, 3.8) is 0 Å². The van der Waals surface area contributed by atoms with Gasteiger partial charge >= 0.3 is 5.97 Å². The Labute approximate surface area is 159 Å². The van der Waals surface area contributed by atoms with Crippen LogP contribution in [0.5, 0.6) is 5.75 Å². The van der Waals surface area contributed by atoms with Gasteiger partial charge in [-0.3, -0.25) is 9.48 Å². The Morgan fingerprint density at radius 1 is 1.35 bits per heavy atom. The molecule has 0 bridgehead atoms. The summed E-state index contributed by atoms with van der Waals surface area (Å²) in [6.45, 7) is 7.59. The van der Waals surface area contributed by atoms with Gasteiger partial charge < -0.3 is 9.84 Å². The van der Waals surface area contributed by atoms with Gasteiger partial charge in [-0.2, -0.15) is 5.10 Å². The van der Waals surface area contributed by atoms with Gasteiger partial charge in [-0.05, 0) is 49.9 Å². The van der Waals surface area contributed by atoms with E-state index in [1.165, 1.54) is 0 Å². The number of carboxylic acids is 1. The molecule has 2 aromatic rings. The zero-order valence-corrected chi connectivity index (χ0v) is 16.4. The maximum atomic E-state index is 10.7. The van der Waals surface area contributed by atoms with E-state index in [9.17, 15) is 4.79 Å². The fraction of sp³-hybridized carbons (Fsp3) is 0.500. The summed E-state index contributed by atoms with van der Waals surface area (Å²) >= 11 is 6.17. The van der Waals surface area contributed by atoms with Crippen LogP contribution in [0.15, 0.2) is 24.3 Å². The van der Waals surface area contributed by atoms with E-state index in [-0.39, 0.29) is 6.42 Å². The molecule has 142 valence electrons. The summed E-state index contributed by atoms with van der Waals surface area (Å²) in [6, 6.07) is 7.56. The molecule has 0 aliphatic heterocycles. The third-order valence-electron chi connectivity index (χ3n) is 4.15. The van der Waals surface area contributed by atoms with Crippen molar-refractivity contribution in [2.75, 3.05) is 6.61 Å². The van der Waals surface area contributed by atoms with E-state index < -0.39 is 5.97 Å². The van der Waals surface area contributed by atoms with Crippen LogP contribution in [-0.4, -0.2) is 27.5 Å². The molecule has 1 N–H and O–H groups in total. The van der Waals surface area contributed by atoms with Crippen LogP contribution in [0.25, 0.3) is 0 Å². The van der Waals surface area contributed by atoms with Crippen LogP contribution in [0.3, 0.4) is 0 Å². The SMILES string of the molecule is Cc1cc(CCC(=O)O)nn1Cc1cc(Cl)ccc1OCCCC(C)C. The van der Waals surface area contributed by atoms with Crippen molar-refractivity contribution in [3.8, 4) is 5.75 Å². The Morgan fingerprint density at radius 3 is 2.81 bits per heavy atom. The molecule has 1 heterocycles. The monoisotopic (exact) mass is 378 g/mol. The van der Waals surface area contributed by atoms with E-state index in [1.807, 2.05) is 35.9 Å². The number of ether oxygens (including phenoxy) is 1. The number of hydrogen-bond acceptors (Lipinski definition) is 3. The molecular weight excluding hydrogens is 352 g/mol. The van der Waals surface area contributed by atoms with E-state index in [2.05, 4.69) is 18.9 Å². The van der Waals surface area contributed by atoms with Crippen molar-refractivity contribution in [3.05, 3.63) is 46.2 Å². The summed E-state index contributed by atoms with van der Waals surface area (Å²) in [7, 11) is 0. The normalized spacial score (nSPS) is 11.1. The highest BCUT2D eigenvalue weighted by atomic mass is 35.5. The first-order valence-corrected chi connectivity index (χ1v) is 9.39. The maximum Gasteiger partial charge on any atom is 0.303 e. The number of carboxylic acid groups (broad SMARTS) is 1. The number of rotatable bonds is 10. The molecule has 6 heteroatoms. The number of aromatic nitrogens is 2. The molecule has 0 amide bonds. The van der Waals surface area contributed by atoms with Gasteiger partial charge in [0.15, 0.2) is 0 Å². The second-order valence-electron chi connectivity index (χ2n) is 6.97. The lowest BCUT2D eigenvalue weighted by molar-refractivity contribution is -0.136. The fourth-order valence-electron chi connectivity index (χ4n) is 2.74. The summed E-state index contributed by atoms with van der Waals surface area (Å²) in [5.41, 5.74) is 2.74. The standard InChI is InChI=1S/C20H27ClN2O3/c1-14(2)5-4-10-26-19-8-6-17(21)12-16(19)13-23-15(3)11-18(22-23)7-9-20(24)25/h6,8,11-12,14H,4-5,7,9-10,13H2,1-3H3,(H,24,25). The summed E-state index contributed by atoms with van der Waals surface area (Å²) in [4.78, 5) is 10.7. The van der Waals surface area contributed by atoms with E-state index >= 15 is 0 Å². The predicted octanol–water partition coefficient (Wildman–Crippen LogP) is 4.73. The number of aryl methyl sites for hydroxylation is 2. The van der Waals surface area contributed by atoms with E-state index in [1.54, 1.807) is 0 Å². The largest absolute Gasteiger partial charge is 0.493 e. The number of benzene rings is 1. The number of aliphatic carboxylic acids is 1. The van der Waals surface area contributed by atoms with Gasteiger partial charge in [0.1, 0.15) is 5.75 Å². The molecule has 0 radical (unpaired) electrons. The summed E-state index contributed by atoms with van der Waals surface area (Å²) < 4.78 is 7.83. The molecule has 26 heavy (non-hydrogen) atoms. The van der Waals surface area contributed by atoms with Crippen molar-refractivity contribution < 1.29 is 14.6 Å². The van der Waals surface area contributed by atoms with Crippen molar-refractivity contribution in [1.29, 1.82) is 0 Å². The minimum atomic E-state index is -0.816. The number of halogens is 1. The lowest BCUT2D eigenvalue weighted by Crippen LogP contribution is -2.08.